The molecule has 0 fully saturated rings. The summed E-state index contributed by atoms with van der Waals surface area (Å²) in [6.07, 6.45) is 6.16. The molecule has 0 aliphatic rings. The van der Waals surface area contributed by atoms with Gasteiger partial charge >= 0.3 is 0 Å². The van der Waals surface area contributed by atoms with Crippen LogP contribution < -0.4 is 10.1 Å². The quantitative estimate of drug-likeness (QED) is 0.847. The van der Waals surface area contributed by atoms with Crippen molar-refractivity contribution in [2.45, 2.75) is 26.3 Å². The van der Waals surface area contributed by atoms with E-state index in [-0.39, 0.29) is 0 Å². The second-order valence-corrected chi connectivity index (χ2v) is 4.15. The van der Waals surface area contributed by atoms with Crippen LogP contribution in [0.3, 0.4) is 0 Å². The summed E-state index contributed by atoms with van der Waals surface area (Å²) in [6.45, 7) is 3.18. The fraction of sp³-hybridized carbons (Fsp3) is 0.357. The maximum absolute atomic E-state index is 5.13. The van der Waals surface area contributed by atoms with Gasteiger partial charge in [-0.2, -0.15) is 0 Å². The van der Waals surface area contributed by atoms with Crippen LogP contribution >= 0.6 is 0 Å². The van der Waals surface area contributed by atoms with E-state index in [1.165, 1.54) is 6.42 Å². The molecule has 0 aliphatic heterocycles. The van der Waals surface area contributed by atoms with E-state index in [1.807, 2.05) is 36.7 Å². The van der Waals surface area contributed by atoms with Crippen LogP contribution in [0.5, 0.6) is 5.75 Å². The lowest BCUT2D eigenvalue weighted by Gasteiger charge is -2.09. The smallest absolute Gasteiger partial charge is 0.207 e. The topological polar surface area (TPSA) is 39.1 Å². The maximum Gasteiger partial charge on any atom is 0.207 e. The van der Waals surface area contributed by atoms with Gasteiger partial charge in [0.2, 0.25) is 5.95 Å². The third-order valence-electron chi connectivity index (χ3n) is 2.81. The Labute approximate surface area is 108 Å². The number of nitrogens with one attached hydrogen (secondary N) is 1. The number of ether oxygens (including phenoxy) is 1. The summed E-state index contributed by atoms with van der Waals surface area (Å²) in [6, 6.07) is 7.83. The summed E-state index contributed by atoms with van der Waals surface area (Å²) < 4.78 is 7.27. The van der Waals surface area contributed by atoms with Gasteiger partial charge in [0.1, 0.15) is 5.75 Å². The Morgan fingerprint density at radius 1 is 1.28 bits per heavy atom. The van der Waals surface area contributed by atoms with Crippen molar-refractivity contribution in [3.8, 4) is 5.75 Å². The fourth-order valence-corrected chi connectivity index (χ4v) is 1.75. The second-order valence-electron chi connectivity index (χ2n) is 4.15. The highest BCUT2D eigenvalue weighted by molar-refractivity contribution is 5.54. The Hall–Kier alpha value is -1.97. The Balaban J connectivity index is 2.05. The van der Waals surface area contributed by atoms with E-state index in [1.54, 1.807) is 7.11 Å². The van der Waals surface area contributed by atoms with Gasteiger partial charge in [-0.15, -0.1) is 0 Å². The Morgan fingerprint density at radius 3 is 2.72 bits per heavy atom. The van der Waals surface area contributed by atoms with Crippen molar-refractivity contribution in [2.75, 3.05) is 12.4 Å². The SMILES string of the molecule is CCCCn1ccnc1Nc1ccc(OC)cc1. The van der Waals surface area contributed by atoms with Crippen LogP contribution in [-0.2, 0) is 6.54 Å². The maximum atomic E-state index is 5.13. The average Bonchev–Trinajstić information content (AvgIpc) is 2.84. The van der Waals surface area contributed by atoms with Crippen molar-refractivity contribution < 1.29 is 4.74 Å². The molecule has 1 aromatic heterocycles. The van der Waals surface area contributed by atoms with Gasteiger partial charge in [0.25, 0.3) is 0 Å². The molecular weight excluding hydrogens is 226 g/mol. The van der Waals surface area contributed by atoms with Crippen LogP contribution in [0.4, 0.5) is 11.6 Å². The van der Waals surface area contributed by atoms with Crippen LogP contribution in [0.2, 0.25) is 0 Å². The minimum absolute atomic E-state index is 0.856. The summed E-state index contributed by atoms with van der Waals surface area (Å²) in [7, 11) is 1.67. The fourth-order valence-electron chi connectivity index (χ4n) is 1.75. The van der Waals surface area contributed by atoms with Crippen molar-refractivity contribution >= 4 is 11.6 Å². The minimum Gasteiger partial charge on any atom is -0.497 e. The molecule has 1 heterocycles. The van der Waals surface area contributed by atoms with Crippen molar-refractivity contribution in [2.24, 2.45) is 0 Å². The number of imidazole rings is 1. The molecule has 0 atom stereocenters. The van der Waals surface area contributed by atoms with E-state index in [4.69, 9.17) is 4.74 Å². The third kappa shape index (κ3) is 3.03. The number of unbranched alkanes of at least 4 members (excludes halogenated alkanes) is 1. The summed E-state index contributed by atoms with van der Waals surface area (Å²) >= 11 is 0. The Morgan fingerprint density at radius 2 is 2.06 bits per heavy atom. The van der Waals surface area contributed by atoms with E-state index in [0.717, 1.165) is 30.4 Å². The first kappa shape index (κ1) is 12.5. The van der Waals surface area contributed by atoms with Crippen LogP contribution in [0.15, 0.2) is 36.7 Å². The number of hydrogen-bond donors (Lipinski definition) is 1. The van der Waals surface area contributed by atoms with Crippen molar-refractivity contribution in [1.29, 1.82) is 0 Å². The molecule has 0 amide bonds. The first-order valence-corrected chi connectivity index (χ1v) is 6.25. The first-order chi connectivity index (χ1) is 8.83. The van der Waals surface area contributed by atoms with Crippen LogP contribution in [0.25, 0.3) is 0 Å². The molecular formula is C14H19N3O. The monoisotopic (exact) mass is 245 g/mol. The normalized spacial score (nSPS) is 10.3. The number of methoxy groups -OCH3 is 1. The predicted molar refractivity (Wildman–Crippen MR) is 73.4 cm³/mol. The number of aromatic nitrogens is 2. The summed E-state index contributed by atoms with van der Waals surface area (Å²) in [4.78, 5) is 4.33. The number of nitrogens with zero attached hydrogens (tertiary/aromatic N) is 2. The summed E-state index contributed by atoms with van der Waals surface area (Å²) in [5, 5.41) is 3.31. The van der Waals surface area contributed by atoms with E-state index < -0.39 is 0 Å². The van der Waals surface area contributed by atoms with Crippen LogP contribution in [-0.4, -0.2) is 16.7 Å². The zero-order valence-corrected chi connectivity index (χ0v) is 10.9. The number of aryl methyl sites for hydroxylation is 1. The van der Waals surface area contributed by atoms with Gasteiger partial charge in [-0.3, -0.25) is 0 Å². The molecule has 2 aromatic rings. The van der Waals surface area contributed by atoms with Gasteiger partial charge in [0.15, 0.2) is 0 Å². The lowest BCUT2D eigenvalue weighted by molar-refractivity contribution is 0.415. The molecule has 0 saturated carbocycles. The molecule has 1 aromatic carbocycles. The first-order valence-electron chi connectivity index (χ1n) is 6.25. The van der Waals surface area contributed by atoms with Crippen LogP contribution in [0.1, 0.15) is 19.8 Å². The van der Waals surface area contributed by atoms with Gasteiger partial charge in [-0.1, -0.05) is 13.3 Å². The van der Waals surface area contributed by atoms with Gasteiger partial charge in [0, 0.05) is 24.6 Å². The zero-order valence-electron chi connectivity index (χ0n) is 10.9. The molecule has 0 saturated heterocycles. The lowest BCUT2D eigenvalue weighted by atomic mass is 10.3. The van der Waals surface area contributed by atoms with E-state index >= 15 is 0 Å². The molecule has 4 nitrogen and oxygen atoms in total. The highest BCUT2D eigenvalue weighted by atomic mass is 16.5. The molecule has 0 aliphatic carbocycles. The molecule has 18 heavy (non-hydrogen) atoms. The third-order valence-corrected chi connectivity index (χ3v) is 2.81. The lowest BCUT2D eigenvalue weighted by Crippen LogP contribution is -2.03. The highest BCUT2D eigenvalue weighted by Crippen LogP contribution is 2.19. The Bertz CT molecular complexity index is 476. The molecule has 2 rings (SSSR count). The minimum atomic E-state index is 0.856. The summed E-state index contributed by atoms with van der Waals surface area (Å²) in [5.41, 5.74) is 1.01. The predicted octanol–water partition coefficient (Wildman–Crippen LogP) is 3.44. The Kier molecular flexibility index (Phi) is 4.23. The molecule has 0 radical (unpaired) electrons. The van der Waals surface area contributed by atoms with Gasteiger partial charge in [0.05, 0.1) is 7.11 Å². The number of rotatable bonds is 6. The zero-order chi connectivity index (χ0) is 12.8. The molecule has 0 bridgehead atoms. The number of hydrogen-bond acceptors (Lipinski definition) is 3. The average molecular weight is 245 g/mol. The molecule has 4 heteroatoms. The van der Waals surface area contributed by atoms with E-state index in [9.17, 15) is 0 Å². The van der Waals surface area contributed by atoms with E-state index in [0.29, 0.717) is 0 Å². The van der Waals surface area contributed by atoms with Crippen molar-refractivity contribution in [3.63, 3.8) is 0 Å². The summed E-state index contributed by atoms with van der Waals surface area (Å²) in [5.74, 6) is 1.74. The van der Waals surface area contributed by atoms with Gasteiger partial charge in [-0.25, -0.2) is 4.98 Å². The van der Waals surface area contributed by atoms with Gasteiger partial charge < -0.3 is 14.6 Å². The second kappa shape index (κ2) is 6.10. The van der Waals surface area contributed by atoms with Crippen LogP contribution in [0, 0.1) is 0 Å². The van der Waals surface area contributed by atoms with E-state index in [2.05, 4.69) is 21.8 Å². The highest BCUT2D eigenvalue weighted by Gasteiger charge is 2.02. The molecule has 0 unspecified atom stereocenters. The van der Waals surface area contributed by atoms with Gasteiger partial charge in [-0.05, 0) is 30.7 Å². The number of anilines is 2. The number of benzene rings is 1. The van der Waals surface area contributed by atoms with Crippen molar-refractivity contribution in [3.05, 3.63) is 36.7 Å². The molecule has 0 spiro atoms. The molecule has 1 N–H and O–H groups in total. The molecule has 96 valence electrons. The standard InChI is InChI=1S/C14H19N3O/c1-3-4-10-17-11-9-15-14(17)16-12-5-7-13(18-2)8-6-12/h5-9,11H,3-4,10H2,1-2H3,(H,15,16). The largest absolute Gasteiger partial charge is 0.497 e. The van der Waals surface area contributed by atoms with Crippen molar-refractivity contribution in [1.82, 2.24) is 9.55 Å².